The Kier molecular flexibility index (Phi) is 4.96. The van der Waals surface area contributed by atoms with E-state index in [-0.39, 0.29) is 10.7 Å². The van der Waals surface area contributed by atoms with Crippen LogP contribution in [-0.4, -0.2) is 31.5 Å². The third-order valence-electron chi connectivity index (χ3n) is 4.27. The van der Waals surface area contributed by atoms with Gasteiger partial charge in [0.1, 0.15) is 24.5 Å². The molecule has 1 aromatic heterocycles. The van der Waals surface area contributed by atoms with E-state index in [9.17, 15) is 8.42 Å². The number of benzene rings is 2. The Morgan fingerprint density at radius 3 is 2.76 bits per heavy atom. The van der Waals surface area contributed by atoms with Crippen LogP contribution >= 0.6 is 11.6 Å². The number of anilines is 3. The number of hydrogen-bond acceptors (Lipinski definition) is 6. The first-order valence-electron chi connectivity index (χ1n) is 8.48. The molecule has 0 amide bonds. The molecule has 3 aromatic rings. The Labute approximate surface area is 172 Å². The highest BCUT2D eigenvalue weighted by atomic mass is 35.5. The summed E-state index contributed by atoms with van der Waals surface area (Å²) in [6, 6.07) is 11.1. The van der Waals surface area contributed by atoms with Crippen molar-refractivity contribution in [3.05, 3.63) is 71.4 Å². The van der Waals surface area contributed by atoms with Gasteiger partial charge in [0.25, 0.3) is 10.0 Å². The van der Waals surface area contributed by atoms with Crippen molar-refractivity contribution in [2.75, 3.05) is 22.8 Å². The highest BCUT2D eigenvalue weighted by Gasteiger charge is 2.25. The second kappa shape index (κ2) is 7.58. The van der Waals surface area contributed by atoms with Crippen molar-refractivity contribution in [2.24, 2.45) is 0 Å². The van der Waals surface area contributed by atoms with Gasteiger partial charge in [-0.05, 0) is 36.4 Å². The van der Waals surface area contributed by atoms with Crippen molar-refractivity contribution >= 4 is 44.5 Å². The van der Waals surface area contributed by atoms with E-state index in [2.05, 4.69) is 19.5 Å². The monoisotopic (exact) mass is 427 g/mol. The average molecular weight is 428 g/mol. The fourth-order valence-corrected chi connectivity index (χ4v) is 4.17. The number of nitrogens with one attached hydrogen (secondary N) is 1. The normalized spacial score (nSPS) is 13.2. The second-order valence-corrected chi connectivity index (χ2v) is 8.19. The largest absolute Gasteiger partial charge is 0.489 e. The maximum atomic E-state index is 12.7. The number of halogens is 1. The van der Waals surface area contributed by atoms with Crippen molar-refractivity contribution in [1.82, 2.24) is 9.97 Å². The topological polar surface area (TPSA) is 88.8 Å². The summed E-state index contributed by atoms with van der Waals surface area (Å²) in [6.45, 7) is 8.28. The summed E-state index contributed by atoms with van der Waals surface area (Å²) in [6.07, 6.45) is 2.70. The van der Waals surface area contributed by atoms with Gasteiger partial charge in [-0.2, -0.15) is 0 Å². The fourth-order valence-electron chi connectivity index (χ4n) is 2.98. The van der Waals surface area contributed by atoms with Crippen molar-refractivity contribution in [3.63, 3.8) is 0 Å². The number of fused-ring (bicyclic) bond motifs is 1. The van der Waals surface area contributed by atoms with Gasteiger partial charge in [0.05, 0.1) is 23.7 Å². The molecule has 0 radical (unpaired) electrons. The highest BCUT2D eigenvalue weighted by Crippen LogP contribution is 2.42. The molecule has 0 fully saturated rings. The summed E-state index contributed by atoms with van der Waals surface area (Å²) in [4.78, 5) is 13.1. The van der Waals surface area contributed by atoms with Crippen LogP contribution in [0.2, 0.25) is 5.02 Å². The van der Waals surface area contributed by atoms with E-state index in [1.54, 1.807) is 24.3 Å². The first-order valence-corrected chi connectivity index (χ1v) is 10.3. The zero-order valence-electron chi connectivity index (χ0n) is 14.9. The van der Waals surface area contributed by atoms with E-state index in [1.807, 2.05) is 4.90 Å². The molecule has 1 N–H and O–H groups in total. The van der Waals surface area contributed by atoms with E-state index in [0.29, 0.717) is 41.0 Å². The molecule has 146 valence electrons. The first kappa shape index (κ1) is 19.0. The summed E-state index contributed by atoms with van der Waals surface area (Å²) < 4.78 is 33.5. The van der Waals surface area contributed by atoms with Crippen LogP contribution in [0, 0.1) is 6.57 Å². The minimum atomic E-state index is -3.85. The third-order valence-corrected chi connectivity index (χ3v) is 5.86. The molecule has 1 aliphatic heterocycles. The van der Waals surface area contributed by atoms with E-state index in [1.165, 1.54) is 30.7 Å². The molecule has 4 rings (SSSR count). The van der Waals surface area contributed by atoms with Crippen LogP contribution in [0.25, 0.3) is 4.85 Å². The molecule has 2 aromatic carbocycles. The van der Waals surface area contributed by atoms with Crippen LogP contribution in [0.15, 0.2) is 59.9 Å². The first-order chi connectivity index (χ1) is 14.0. The van der Waals surface area contributed by atoms with Crippen molar-refractivity contribution in [2.45, 2.75) is 4.90 Å². The van der Waals surface area contributed by atoms with Gasteiger partial charge in [0.15, 0.2) is 0 Å². The van der Waals surface area contributed by atoms with Crippen LogP contribution < -0.4 is 14.4 Å². The van der Waals surface area contributed by atoms with Gasteiger partial charge in [-0.3, -0.25) is 4.72 Å². The predicted molar refractivity (Wildman–Crippen MR) is 109 cm³/mol. The van der Waals surface area contributed by atoms with Crippen LogP contribution in [0.1, 0.15) is 0 Å². The number of nitrogens with zero attached hydrogens (tertiary/aromatic N) is 4. The van der Waals surface area contributed by atoms with Crippen LogP contribution in [-0.2, 0) is 10.0 Å². The highest BCUT2D eigenvalue weighted by molar-refractivity contribution is 7.92. The zero-order chi connectivity index (χ0) is 20.4. The van der Waals surface area contributed by atoms with Crippen molar-refractivity contribution < 1.29 is 13.2 Å². The molecule has 29 heavy (non-hydrogen) atoms. The van der Waals surface area contributed by atoms with Crippen LogP contribution in [0.3, 0.4) is 0 Å². The minimum absolute atomic E-state index is 0.0400. The Hall–Kier alpha value is -3.35. The molecule has 0 spiro atoms. The minimum Gasteiger partial charge on any atom is -0.489 e. The number of ether oxygens (including phenoxy) is 1. The predicted octanol–water partition coefficient (Wildman–Crippen LogP) is 4.01. The van der Waals surface area contributed by atoms with E-state index in [4.69, 9.17) is 22.9 Å². The van der Waals surface area contributed by atoms with E-state index < -0.39 is 10.0 Å². The summed E-state index contributed by atoms with van der Waals surface area (Å²) in [5.74, 6) is 0.579. The maximum absolute atomic E-state index is 12.7. The molecule has 2 heterocycles. The molecule has 8 nitrogen and oxygen atoms in total. The van der Waals surface area contributed by atoms with Gasteiger partial charge >= 0.3 is 0 Å². The summed E-state index contributed by atoms with van der Waals surface area (Å²) in [5.41, 5.74) is 1.76. The maximum Gasteiger partial charge on any atom is 0.263 e. The number of rotatable bonds is 4. The van der Waals surface area contributed by atoms with Gasteiger partial charge in [-0.15, -0.1) is 0 Å². The third kappa shape index (κ3) is 3.81. The Morgan fingerprint density at radius 2 is 2.00 bits per heavy atom. The molecule has 0 bridgehead atoms. The Morgan fingerprint density at radius 1 is 1.17 bits per heavy atom. The van der Waals surface area contributed by atoms with Gasteiger partial charge in [-0.25, -0.2) is 23.2 Å². The number of sulfonamides is 1. The Balaban J connectivity index is 1.70. The van der Waals surface area contributed by atoms with E-state index in [0.717, 1.165) is 0 Å². The molecule has 0 saturated carbocycles. The lowest BCUT2D eigenvalue weighted by atomic mass is 10.2. The summed E-state index contributed by atoms with van der Waals surface area (Å²) in [7, 11) is -3.85. The molecule has 10 heteroatoms. The van der Waals surface area contributed by atoms with Crippen LogP contribution in [0.4, 0.5) is 22.9 Å². The number of aromatic nitrogens is 2. The second-order valence-electron chi connectivity index (χ2n) is 6.07. The zero-order valence-corrected chi connectivity index (χ0v) is 16.5. The SMILES string of the molecule is [C-]#[N+]c1cc(Cl)ccc1N1CCOc2cc(S(=O)(=O)Nc3ccncn3)ccc21. The molecule has 1 aliphatic rings. The average Bonchev–Trinajstić information content (AvgIpc) is 2.73. The Bertz CT molecular complexity index is 1210. The van der Waals surface area contributed by atoms with Gasteiger partial charge in [0.2, 0.25) is 5.69 Å². The standard InChI is InChI=1S/C19H14ClN5O3S/c1-21-15-10-13(20)2-4-16(15)25-8-9-28-18-11-14(3-5-17(18)25)29(26,27)24-19-6-7-22-12-23-19/h2-7,10-12H,8-9H2,(H,22,23,24). The lowest BCUT2D eigenvalue weighted by molar-refractivity contribution is 0.313. The molecular weight excluding hydrogens is 414 g/mol. The lowest BCUT2D eigenvalue weighted by Crippen LogP contribution is -2.28. The molecular formula is C19H14ClN5O3S. The van der Waals surface area contributed by atoms with Gasteiger partial charge in [0, 0.05) is 23.0 Å². The molecule has 0 unspecified atom stereocenters. The molecule has 0 atom stereocenters. The van der Waals surface area contributed by atoms with Crippen molar-refractivity contribution in [3.8, 4) is 5.75 Å². The van der Waals surface area contributed by atoms with Gasteiger partial charge in [-0.1, -0.05) is 11.6 Å². The lowest BCUT2D eigenvalue weighted by Gasteiger charge is -2.32. The molecule has 0 aliphatic carbocycles. The fraction of sp³-hybridized carbons (Fsp3) is 0.105. The quantitative estimate of drug-likeness (QED) is 0.633. The number of hydrogen-bond donors (Lipinski definition) is 1. The van der Waals surface area contributed by atoms with Crippen LogP contribution in [0.5, 0.6) is 5.75 Å². The molecule has 0 saturated heterocycles. The summed E-state index contributed by atoms with van der Waals surface area (Å²) in [5, 5.41) is 0.477. The van der Waals surface area contributed by atoms with E-state index >= 15 is 0 Å². The van der Waals surface area contributed by atoms with Crippen molar-refractivity contribution in [1.29, 1.82) is 0 Å². The summed E-state index contributed by atoms with van der Waals surface area (Å²) >= 11 is 6.00. The smallest absolute Gasteiger partial charge is 0.263 e. The van der Waals surface area contributed by atoms with Gasteiger partial charge < -0.3 is 9.64 Å².